The first-order valence-corrected chi connectivity index (χ1v) is 5.87. The molecule has 3 nitrogen and oxygen atoms in total. The van der Waals surface area contributed by atoms with Gasteiger partial charge in [0, 0.05) is 30.3 Å². The fourth-order valence-corrected chi connectivity index (χ4v) is 1.92. The van der Waals surface area contributed by atoms with Crippen molar-refractivity contribution in [2.45, 2.75) is 0 Å². The average Bonchev–Trinajstić information content (AvgIpc) is 2.47. The van der Waals surface area contributed by atoms with E-state index in [-0.39, 0.29) is 0 Å². The highest BCUT2D eigenvalue weighted by atomic mass is 15.0. The van der Waals surface area contributed by atoms with Gasteiger partial charge in [0.05, 0.1) is 11.2 Å². The molecule has 0 aliphatic rings. The van der Waals surface area contributed by atoms with Crippen molar-refractivity contribution in [2.24, 2.45) is 0 Å². The van der Waals surface area contributed by atoms with Gasteiger partial charge in [0.15, 0.2) is 0 Å². The van der Waals surface area contributed by atoms with Crippen LogP contribution in [0.15, 0.2) is 54.7 Å². The standard InChI is InChI=1S/C15H13N3/c1-16-15-9-14-12(10-17-15)7-8-13(18-14)11-5-3-2-4-6-11/h2-10H,1H3,(H,16,17). The molecule has 0 aliphatic heterocycles. The third kappa shape index (κ3) is 1.91. The Kier molecular flexibility index (Phi) is 2.65. The lowest BCUT2D eigenvalue weighted by atomic mass is 10.1. The van der Waals surface area contributed by atoms with Gasteiger partial charge in [-0.3, -0.25) is 0 Å². The van der Waals surface area contributed by atoms with Crippen LogP contribution in [0.5, 0.6) is 0 Å². The fourth-order valence-electron chi connectivity index (χ4n) is 1.92. The van der Waals surface area contributed by atoms with Gasteiger partial charge in [-0.25, -0.2) is 9.97 Å². The van der Waals surface area contributed by atoms with E-state index in [1.807, 2.05) is 43.6 Å². The molecule has 0 amide bonds. The Balaban J connectivity index is 2.15. The number of nitrogens with one attached hydrogen (secondary N) is 1. The molecular formula is C15H13N3. The van der Waals surface area contributed by atoms with Gasteiger partial charge in [-0.1, -0.05) is 30.3 Å². The van der Waals surface area contributed by atoms with E-state index >= 15 is 0 Å². The van der Waals surface area contributed by atoms with Gasteiger partial charge >= 0.3 is 0 Å². The molecule has 0 fully saturated rings. The molecule has 3 aromatic rings. The van der Waals surface area contributed by atoms with Gasteiger partial charge < -0.3 is 5.32 Å². The second-order valence-corrected chi connectivity index (χ2v) is 4.07. The molecule has 0 spiro atoms. The number of hydrogen-bond acceptors (Lipinski definition) is 3. The highest BCUT2D eigenvalue weighted by molar-refractivity contribution is 5.82. The van der Waals surface area contributed by atoms with E-state index in [2.05, 4.69) is 33.5 Å². The molecule has 2 aromatic heterocycles. The van der Waals surface area contributed by atoms with Crippen LogP contribution in [-0.2, 0) is 0 Å². The number of hydrogen-bond donors (Lipinski definition) is 1. The Labute approximate surface area is 106 Å². The Bertz CT molecular complexity index is 678. The lowest BCUT2D eigenvalue weighted by Gasteiger charge is -2.04. The topological polar surface area (TPSA) is 37.8 Å². The molecule has 3 rings (SSSR count). The first-order valence-electron chi connectivity index (χ1n) is 5.87. The van der Waals surface area contributed by atoms with Gasteiger partial charge in [0.1, 0.15) is 5.82 Å². The summed E-state index contributed by atoms with van der Waals surface area (Å²) in [4.78, 5) is 8.95. The fraction of sp³-hybridized carbons (Fsp3) is 0.0667. The van der Waals surface area contributed by atoms with Gasteiger partial charge in [-0.05, 0) is 12.1 Å². The lowest BCUT2D eigenvalue weighted by molar-refractivity contribution is 1.29. The quantitative estimate of drug-likeness (QED) is 0.740. The van der Waals surface area contributed by atoms with Gasteiger partial charge in [-0.15, -0.1) is 0 Å². The Morgan fingerprint density at radius 1 is 1.00 bits per heavy atom. The van der Waals surface area contributed by atoms with E-state index in [9.17, 15) is 0 Å². The van der Waals surface area contributed by atoms with E-state index in [1.54, 1.807) is 0 Å². The van der Waals surface area contributed by atoms with Crippen LogP contribution in [0, 0.1) is 0 Å². The summed E-state index contributed by atoms with van der Waals surface area (Å²) in [6.07, 6.45) is 1.84. The first-order chi connectivity index (χ1) is 8.86. The van der Waals surface area contributed by atoms with Crippen LogP contribution in [0.3, 0.4) is 0 Å². The maximum atomic E-state index is 4.67. The number of benzene rings is 1. The molecule has 88 valence electrons. The summed E-state index contributed by atoms with van der Waals surface area (Å²) in [6, 6.07) is 16.2. The van der Waals surface area contributed by atoms with E-state index < -0.39 is 0 Å². The third-order valence-electron chi connectivity index (χ3n) is 2.90. The van der Waals surface area contributed by atoms with Crippen LogP contribution < -0.4 is 5.32 Å². The summed E-state index contributed by atoms with van der Waals surface area (Å²) in [7, 11) is 1.86. The molecule has 0 bridgehead atoms. The van der Waals surface area contributed by atoms with Gasteiger partial charge in [-0.2, -0.15) is 0 Å². The van der Waals surface area contributed by atoms with Crippen molar-refractivity contribution in [1.29, 1.82) is 0 Å². The molecule has 2 heterocycles. The summed E-state index contributed by atoms with van der Waals surface area (Å²) < 4.78 is 0. The molecule has 0 unspecified atom stereocenters. The van der Waals surface area contributed by atoms with E-state index in [0.29, 0.717) is 0 Å². The van der Waals surface area contributed by atoms with Crippen LogP contribution in [0.1, 0.15) is 0 Å². The van der Waals surface area contributed by atoms with Crippen molar-refractivity contribution >= 4 is 16.7 Å². The number of aromatic nitrogens is 2. The Morgan fingerprint density at radius 3 is 2.61 bits per heavy atom. The molecule has 0 saturated carbocycles. The van der Waals surface area contributed by atoms with Gasteiger partial charge in [0.2, 0.25) is 0 Å². The van der Waals surface area contributed by atoms with Crippen molar-refractivity contribution in [3.05, 3.63) is 54.7 Å². The Morgan fingerprint density at radius 2 is 1.83 bits per heavy atom. The van der Waals surface area contributed by atoms with Crippen LogP contribution in [-0.4, -0.2) is 17.0 Å². The van der Waals surface area contributed by atoms with Crippen molar-refractivity contribution in [3.8, 4) is 11.3 Å². The number of pyridine rings is 2. The second-order valence-electron chi connectivity index (χ2n) is 4.07. The molecule has 1 N–H and O–H groups in total. The molecule has 1 aromatic carbocycles. The van der Waals surface area contributed by atoms with Crippen molar-refractivity contribution in [3.63, 3.8) is 0 Å². The summed E-state index contributed by atoms with van der Waals surface area (Å²) in [5.74, 6) is 0.834. The van der Waals surface area contributed by atoms with Gasteiger partial charge in [0.25, 0.3) is 0 Å². The molecule has 0 radical (unpaired) electrons. The maximum absolute atomic E-state index is 4.67. The van der Waals surface area contributed by atoms with Crippen molar-refractivity contribution in [1.82, 2.24) is 9.97 Å². The van der Waals surface area contributed by atoms with Crippen molar-refractivity contribution < 1.29 is 0 Å². The molecule has 18 heavy (non-hydrogen) atoms. The van der Waals surface area contributed by atoms with Crippen LogP contribution in [0.25, 0.3) is 22.2 Å². The minimum atomic E-state index is 0.834. The average molecular weight is 235 g/mol. The summed E-state index contributed by atoms with van der Waals surface area (Å²) in [5.41, 5.74) is 3.06. The molecular weight excluding hydrogens is 222 g/mol. The SMILES string of the molecule is CNc1cc2nc(-c3ccccc3)ccc2cn1. The number of rotatable bonds is 2. The van der Waals surface area contributed by atoms with Crippen molar-refractivity contribution in [2.75, 3.05) is 12.4 Å². The highest BCUT2D eigenvalue weighted by Gasteiger charge is 2.02. The zero-order valence-electron chi connectivity index (χ0n) is 10.1. The predicted octanol–water partition coefficient (Wildman–Crippen LogP) is 3.34. The monoisotopic (exact) mass is 235 g/mol. The van der Waals surface area contributed by atoms with E-state index in [0.717, 1.165) is 28.0 Å². The van der Waals surface area contributed by atoms with Crippen LogP contribution >= 0.6 is 0 Å². The zero-order chi connectivity index (χ0) is 12.4. The highest BCUT2D eigenvalue weighted by Crippen LogP contribution is 2.21. The molecule has 0 atom stereocenters. The lowest BCUT2D eigenvalue weighted by Crippen LogP contribution is -1.93. The molecule has 0 saturated heterocycles. The number of fused-ring (bicyclic) bond motifs is 1. The summed E-state index contributed by atoms with van der Waals surface area (Å²) >= 11 is 0. The van der Waals surface area contributed by atoms with Crippen LogP contribution in [0.2, 0.25) is 0 Å². The number of nitrogens with zero attached hydrogens (tertiary/aromatic N) is 2. The molecule has 0 aliphatic carbocycles. The van der Waals surface area contributed by atoms with E-state index in [4.69, 9.17) is 0 Å². The smallest absolute Gasteiger partial charge is 0.127 e. The summed E-state index contributed by atoms with van der Waals surface area (Å²) in [5, 5.41) is 4.08. The Hall–Kier alpha value is -2.42. The second kappa shape index (κ2) is 4.45. The zero-order valence-corrected chi connectivity index (χ0v) is 10.1. The summed E-state index contributed by atoms with van der Waals surface area (Å²) in [6.45, 7) is 0. The number of anilines is 1. The predicted molar refractivity (Wildman–Crippen MR) is 74.5 cm³/mol. The largest absolute Gasteiger partial charge is 0.373 e. The minimum Gasteiger partial charge on any atom is -0.373 e. The molecule has 3 heteroatoms. The first kappa shape index (κ1) is 10.7. The normalized spacial score (nSPS) is 10.5. The maximum Gasteiger partial charge on any atom is 0.127 e. The third-order valence-corrected chi connectivity index (χ3v) is 2.90. The minimum absolute atomic E-state index is 0.834. The van der Waals surface area contributed by atoms with E-state index in [1.165, 1.54) is 0 Å². The van der Waals surface area contributed by atoms with Crippen LogP contribution in [0.4, 0.5) is 5.82 Å².